The third-order valence-corrected chi connectivity index (χ3v) is 3.47. The van der Waals surface area contributed by atoms with Gasteiger partial charge in [0.2, 0.25) is 6.79 Å². The standard InChI is InChI=1S/C15H13N3O4S/c19-18(20)12-4-2-11(3-5-12)17-15(23)16-8-10-1-6-13-14(7-10)22-9-21-13/h1-7H,8-9H2,(H2,16,17,23). The molecule has 1 heterocycles. The molecule has 2 N–H and O–H groups in total. The zero-order valence-electron chi connectivity index (χ0n) is 11.9. The molecule has 0 unspecified atom stereocenters. The molecule has 0 atom stereocenters. The molecule has 118 valence electrons. The Balaban J connectivity index is 1.54. The summed E-state index contributed by atoms with van der Waals surface area (Å²) >= 11 is 5.21. The average Bonchev–Trinajstić information content (AvgIpc) is 3.01. The first-order valence-electron chi connectivity index (χ1n) is 6.79. The molecule has 1 aliphatic heterocycles. The van der Waals surface area contributed by atoms with Gasteiger partial charge in [0.15, 0.2) is 16.6 Å². The lowest BCUT2D eigenvalue weighted by atomic mass is 10.2. The zero-order valence-corrected chi connectivity index (χ0v) is 12.8. The third kappa shape index (κ3) is 3.67. The van der Waals surface area contributed by atoms with E-state index in [0.717, 1.165) is 17.1 Å². The summed E-state index contributed by atoms with van der Waals surface area (Å²) in [5.41, 5.74) is 1.72. The molecule has 0 spiro atoms. The largest absolute Gasteiger partial charge is 0.454 e. The van der Waals surface area contributed by atoms with Crippen molar-refractivity contribution in [3.63, 3.8) is 0 Å². The number of ether oxygens (including phenoxy) is 2. The molecule has 0 saturated heterocycles. The number of anilines is 1. The van der Waals surface area contributed by atoms with E-state index in [9.17, 15) is 10.1 Å². The van der Waals surface area contributed by atoms with Crippen LogP contribution in [-0.2, 0) is 6.54 Å². The van der Waals surface area contributed by atoms with Crippen LogP contribution in [0.1, 0.15) is 5.56 Å². The Morgan fingerprint density at radius 3 is 2.65 bits per heavy atom. The lowest BCUT2D eigenvalue weighted by molar-refractivity contribution is -0.384. The lowest BCUT2D eigenvalue weighted by Crippen LogP contribution is -2.27. The predicted molar refractivity (Wildman–Crippen MR) is 88.7 cm³/mol. The number of benzene rings is 2. The van der Waals surface area contributed by atoms with E-state index < -0.39 is 4.92 Å². The smallest absolute Gasteiger partial charge is 0.269 e. The number of hydrogen-bond donors (Lipinski definition) is 2. The highest BCUT2D eigenvalue weighted by Crippen LogP contribution is 2.32. The van der Waals surface area contributed by atoms with E-state index in [1.54, 1.807) is 12.1 Å². The maximum Gasteiger partial charge on any atom is 0.269 e. The molecule has 0 bridgehead atoms. The summed E-state index contributed by atoms with van der Waals surface area (Å²) in [5, 5.41) is 17.1. The van der Waals surface area contributed by atoms with Crippen molar-refractivity contribution >= 4 is 28.7 Å². The third-order valence-electron chi connectivity index (χ3n) is 3.23. The van der Waals surface area contributed by atoms with Crippen molar-refractivity contribution in [1.82, 2.24) is 5.32 Å². The number of nitro groups is 1. The fourth-order valence-electron chi connectivity index (χ4n) is 2.08. The predicted octanol–water partition coefficient (Wildman–Crippen LogP) is 2.81. The first-order valence-corrected chi connectivity index (χ1v) is 7.20. The Bertz CT molecular complexity index is 749. The van der Waals surface area contributed by atoms with Gasteiger partial charge in [-0.1, -0.05) is 6.07 Å². The van der Waals surface area contributed by atoms with Gasteiger partial charge in [-0.15, -0.1) is 0 Å². The second-order valence-corrected chi connectivity index (χ2v) is 5.21. The highest BCUT2D eigenvalue weighted by Gasteiger charge is 2.13. The van der Waals surface area contributed by atoms with Crippen molar-refractivity contribution in [1.29, 1.82) is 0 Å². The number of hydrogen-bond acceptors (Lipinski definition) is 5. The summed E-state index contributed by atoms with van der Waals surface area (Å²) in [5.74, 6) is 1.46. The summed E-state index contributed by atoms with van der Waals surface area (Å²) in [6.45, 7) is 0.766. The van der Waals surface area contributed by atoms with Crippen LogP contribution in [0.5, 0.6) is 11.5 Å². The van der Waals surface area contributed by atoms with Crippen LogP contribution in [0.15, 0.2) is 42.5 Å². The summed E-state index contributed by atoms with van der Waals surface area (Å²) in [4.78, 5) is 10.2. The lowest BCUT2D eigenvalue weighted by Gasteiger charge is -2.10. The number of thiocarbonyl (C=S) groups is 1. The van der Waals surface area contributed by atoms with E-state index in [4.69, 9.17) is 21.7 Å². The molecule has 0 radical (unpaired) electrons. The minimum Gasteiger partial charge on any atom is -0.454 e. The van der Waals surface area contributed by atoms with Gasteiger partial charge in [0.1, 0.15) is 0 Å². The second kappa shape index (κ2) is 6.49. The van der Waals surface area contributed by atoms with Gasteiger partial charge in [-0.2, -0.15) is 0 Å². The van der Waals surface area contributed by atoms with E-state index in [1.807, 2.05) is 18.2 Å². The fraction of sp³-hybridized carbons (Fsp3) is 0.133. The van der Waals surface area contributed by atoms with Crippen LogP contribution >= 0.6 is 12.2 Å². The molecule has 0 amide bonds. The van der Waals surface area contributed by atoms with Gasteiger partial charge in [0, 0.05) is 24.4 Å². The number of nitro benzene ring substituents is 1. The molecule has 23 heavy (non-hydrogen) atoms. The van der Waals surface area contributed by atoms with Crippen molar-refractivity contribution < 1.29 is 14.4 Å². The molecule has 7 nitrogen and oxygen atoms in total. The highest BCUT2D eigenvalue weighted by molar-refractivity contribution is 7.80. The Labute approximate surface area is 137 Å². The van der Waals surface area contributed by atoms with Crippen molar-refractivity contribution in [2.24, 2.45) is 0 Å². The van der Waals surface area contributed by atoms with Crippen LogP contribution in [0.2, 0.25) is 0 Å². The van der Waals surface area contributed by atoms with Gasteiger partial charge >= 0.3 is 0 Å². The van der Waals surface area contributed by atoms with Crippen molar-refractivity contribution in [2.75, 3.05) is 12.1 Å². The van der Waals surface area contributed by atoms with Crippen LogP contribution in [0, 0.1) is 10.1 Å². The maximum absolute atomic E-state index is 10.6. The molecule has 2 aromatic carbocycles. The maximum atomic E-state index is 10.6. The number of rotatable bonds is 4. The average molecular weight is 331 g/mol. The molecular formula is C15H13N3O4S. The summed E-state index contributed by atoms with van der Waals surface area (Å²) in [6.07, 6.45) is 0. The van der Waals surface area contributed by atoms with E-state index in [0.29, 0.717) is 17.3 Å². The van der Waals surface area contributed by atoms with E-state index in [2.05, 4.69) is 10.6 Å². The second-order valence-electron chi connectivity index (χ2n) is 4.80. The van der Waals surface area contributed by atoms with Crippen LogP contribution in [0.25, 0.3) is 0 Å². The Hall–Kier alpha value is -2.87. The normalized spacial score (nSPS) is 11.8. The molecular weight excluding hydrogens is 318 g/mol. The van der Waals surface area contributed by atoms with E-state index >= 15 is 0 Å². The van der Waals surface area contributed by atoms with Gasteiger partial charge in [-0.05, 0) is 42.0 Å². The fourth-order valence-corrected chi connectivity index (χ4v) is 2.27. The van der Waals surface area contributed by atoms with Gasteiger partial charge < -0.3 is 20.1 Å². The molecule has 1 aliphatic rings. The quantitative estimate of drug-likeness (QED) is 0.506. The molecule has 3 rings (SSSR count). The van der Waals surface area contributed by atoms with Crippen LogP contribution in [0.4, 0.5) is 11.4 Å². The highest BCUT2D eigenvalue weighted by atomic mass is 32.1. The van der Waals surface area contributed by atoms with Crippen LogP contribution in [0.3, 0.4) is 0 Å². The van der Waals surface area contributed by atoms with Crippen molar-refractivity contribution in [3.05, 3.63) is 58.1 Å². The molecule has 0 saturated carbocycles. The Kier molecular flexibility index (Phi) is 4.24. The van der Waals surface area contributed by atoms with Gasteiger partial charge in [0.25, 0.3) is 5.69 Å². The molecule has 0 aromatic heterocycles. The SMILES string of the molecule is O=[N+]([O-])c1ccc(NC(=S)NCc2ccc3c(c2)OCO3)cc1. The first-order chi connectivity index (χ1) is 11.1. The van der Waals surface area contributed by atoms with Gasteiger partial charge in [-0.25, -0.2) is 0 Å². The Morgan fingerprint density at radius 1 is 1.17 bits per heavy atom. The number of nitrogens with one attached hydrogen (secondary N) is 2. The first kappa shape index (κ1) is 15.0. The van der Waals surface area contributed by atoms with Crippen molar-refractivity contribution in [3.8, 4) is 11.5 Å². The van der Waals surface area contributed by atoms with E-state index in [-0.39, 0.29) is 12.5 Å². The van der Waals surface area contributed by atoms with Crippen molar-refractivity contribution in [2.45, 2.75) is 6.54 Å². The number of fused-ring (bicyclic) bond motifs is 1. The summed E-state index contributed by atoms with van der Waals surface area (Å²) in [6, 6.07) is 11.7. The van der Waals surface area contributed by atoms with E-state index in [1.165, 1.54) is 12.1 Å². The molecule has 0 fully saturated rings. The zero-order chi connectivity index (χ0) is 16.2. The summed E-state index contributed by atoms with van der Waals surface area (Å²) in [7, 11) is 0. The monoisotopic (exact) mass is 331 g/mol. The number of non-ortho nitro benzene ring substituents is 1. The minimum absolute atomic E-state index is 0.0368. The summed E-state index contributed by atoms with van der Waals surface area (Å²) < 4.78 is 10.6. The van der Waals surface area contributed by atoms with Crippen LogP contribution in [-0.4, -0.2) is 16.8 Å². The van der Waals surface area contributed by atoms with Gasteiger partial charge in [-0.3, -0.25) is 10.1 Å². The molecule has 8 heteroatoms. The molecule has 2 aromatic rings. The number of nitrogens with zero attached hydrogens (tertiary/aromatic N) is 1. The Morgan fingerprint density at radius 2 is 1.91 bits per heavy atom. The van der Waals surface area contributed by atoms with Gasteiger partial charge in [0.05, 0.1) is 4.92 Å². The molecule has 0 aliphatic carbocycles. The van der Waals surface area contributed by atoms with Crippen LogP contribution < -0.4 is 20.1 Å². The minimum atomic E-state index is -0.444. The topological polar surface area (TPSA) is 85.7 Å².